The van der Waals surface area contributed by atoms with Crippen LogP contribution in [0.25, 0.3) is 0 Å². The van der Waals surface area contributed by atoms with Crippen molar-refractivity contribution in [3.63, 3.8) is 0 Å². The molecule has 0 amide bonds. The SMILES string of the molecule is COc1cccc(NC(C)(C)CCO)c1. The fraction of sp³-hybridized carbons (Fsp3) is 0.500. The minimum Gasteiger partial charge on any atom is -0.497 e. The van der Waals surface area contributed by atoms with Gasteiger partial charge in [0, 0.05) is 23.9 Å². The normalized spacial score (nSPS) is 11.2. The Morgan fingerprint density at radius 2 is 2.13 bits per heavy atom. The van der Waals surface area contributed by atoms with Crippen molar-refractivity contribution in [2.45, 2.75) is 25.8 Å². The van der Waals surface area contributed by atoms with Crippen molar-refractivity contribution in [2.75, 3.05) is 19.0 Å². The molecule has 0 heterocycles. The van der Waals surface area contributed by atoms with Crippen molar-refractivity contribution < 1.29 is 9.84 Å². The van der Waals surface area contributed by atoms with Crippen LogP contribution in [0.3, 0.4) is 0 Å². The molecule has 1 aromatic carbocycles. The Bertz CT molecular complexity index is 310. The van der Waals surface area contributed by atoms with E-state index in [0.29, 0.717) is 6.42 Å². The van der Waals surface area contributed by atoms with Crippen molar-refractivity contribution in [1.82, 2.24) is 0 Å². The molecule has 0 fully saturated rings. The van der Waals surface area contributed by atoms with Crippen LogP contribution in [-0.2, 0) is 0 Å². The standard InChI is InChI=1S/C12H19NO2/c1-12(2,7-8-14)13-10-5-4-6-11(9-10)15-3/h4-6,9,13-14H,7-8H2,1-3H3. The predicted octanol–water partition coefficient (Wildman–Crippen LogP) is 2.27. The smallest absolute Gasteiger partial charge is 0.120 e. The Labute approximate surface area is 91.1 Å². The van der Waals surface area contributed by atoms with Gasteiger partial charge in [0.15, 0.2) is 0 Å². The van der Waals surface area contributed by atoms with E-state index in [1.165, 1.54) is 0 Å². The van der Waals surface area contributed by atoms with Crippen LogP contribution < -0.4 is 10.1 Å². The highest BCUT2D eigenvalue weighted by molar-refractivity contribution is 5.49. The third kappa shape index (κ3) is 3.80. The van der Waals surface area contributed by atoms with Gasteiger partial charge in [-0.15, -0.1) is 0 Å². The summed E-state index contributed by atoms with van der Waals surface area (Å²) in [4.78, 5) is 0. The van der Waals surface area contributed by atoms with Gasteiger partial charge in [0.2, 0.25) is 0 Å². The van der Waals surface area contributed by atoms with Gasteiger partial charge >= 0.3 is 0 Å². The Morgan fingerprint density at radius 1 is 1.40 bits per heavy atom. The minimum atomic E-state index is -0.110. The van der Waals surface area contributed by atoms with Crippen molar-refractivity contribution in [2.24, 2.45) is 0 Å². The molecular weight excluding hydrogens is 190 g/mol. The van der Waals surface area contributed by atoms with E-state index in [0.717, 1.165) is 11.4 Å². The molecular formula is C12H19NO2. The molecule has 0 radical (unpaired) electrons. The molecule has 0 aliphatic rings. The molecule has 0 bridgehead atoms. The van der Waals surface area contributed by atoms with Crippen molar-refractivity contribution >= 4 is 5.69 Å². The summed E-state index contributed by atoms with van der Waals surface area (Å²) in [7, 11) is 1.65. The number of rotatable bonds is 5. The Balaban J connectivity index is 2.71. The average molecular weight is 209 g/mol. The molecule has 0 atom stereocenters. The number of ether oxygens (including phenoxy) is 1. The Morgan fingerprint density at radius 3 is 2.73 bits per heavy atom. The number of hydrogen-bond acceptors (Lipinski definition) is 3. The first-order chi connectivity index (χ1) is 7.07. The molecule has 0 aliphatic carbocycles. The van der Waals surface area contributed by atoms with Crippen LogP contribution >= 0.6 is 0 Å². The summed E-state index contributed by atoms with van der Waals surface area (Å²) >= 11 is 0. The summed E-state index contributed by atoms with van der Waals surface area (Å²) in [5.41, 5.74) is 0.897. The van der Waals surface area contributed by atoms with Gasteiger partial charge < -0.3 is 15.2 Å². The number of hydrogen-bond donors (Lipinski definition) is 2. The summed E-state index contributed by atoms with van der Waals surface area (Å²) in [6.45, 7) is 4.30. The molecule has 0 spiro atoms. The van der Waals surface area contributed by atoms with Crippen LogP contribution in [0.15, 0.2) is 24.3 Å². The Hall–Kier alpha value is -1.22. The third-order valence-electron chi connectivity index (χ3n) is 2.29. The number of aliphatic hydroxyl groups is 1. The molecule has 0 aliphatic heterocycles. The van der Waals surface area contributed by atoms with E-state index in [1.807, 2.05) is 24.3 Å². The maximum atomic E-state index is 8.92. The van der Waals surface area contributed by atoms with E-state index < -0.39 is 0 Å². The quantitative estimate of drug-likeness (QED) is 0.781. The second kappa shape index (κ2) is 5.03. The lowest BCUT2D eigenvalue weighted by molar-refractivity contribution is 0.261. The summed E-state index contributed by atoms with van der Waals surface area (Å²) in [5.74, 6) is 0.833. The predicted molar refractivity (Wildman–Crippen MR) is 62.4 cm³/mol. The number of benzene rings is 1. The molecule has 0 saturated heterocycles. The van der Waals surface area contributed by atoms with Crippen molar-refractivity contribution in [3.8, 4) is 5.75 Å². The van der Waals surface area contributed by atoms with E-state index in [1.54, 1.807) is 7.11 Å². The number of methoxy groups -OCH3 is 1. The van der Waals surface area contributed by atoms with Crippen LogP contribution in [0.4, 0.5) is 5.69 Å². The molecule has 0 saturated carbocycles. The lowest BCUT2D eigenvalue weighted by Gasteiger charge is -2.26. The number of anilines is 1. The van der Waals surface area contributed by atoms with Crippen LogP contribution in [0.1, 0.15) is 20.3 Å². The van der Waals surface area contributed by atoms with Crippen LogP contribution in [0, 0.1) is 0 Å². The summed E-state index contributed by atoms with van der Waals surface area (Å²) in [5, 5.41) is 12.3. The maximum Gasteiger partial charge on any atom is 0.120 e. The first kappa shape index (κ1) is 11.9. The van der Waals surface area contributed by atoms with Gasteiger partial charge in [-0.1, -0.05) is 6.07 Å². The number of aliphatic hydroxyl groups excluding tert-OH is 1. The zero-order valence-electron chi connectivity index (χ0n) is 9.58. The molecule has 1 rings (SSSR count). The van der Waals surface area contributed by atoms with Gasteiger partial charge in [-0.2, -0.15) is 0 Å². The van der Waals surface area contributed by atoms with Gasteiger partial charge in [0.05, 0.1) is 7.11 Å². The zero-order chi connectivity index (χ0) is 11.3. The van der Waals surface area contributed by atoms with E-state index in [-0.39, 0.29) is 12.1 Å². The fourth-order valence-electron chi connectivity index (χ4n) is 1.43. The first-order valence-corrected chi connectivity index (χ1v) is 5.10. The highest BCUT2D eigenvalue weighted by atomic mass is 16.5. The van der Waals surface area contributed by atoms with E-state index in [4.69, 9.17) is 9.84 Å². The van der Waals surface area contributed by atoms with Gasteiger partial charge in [-0.05, 0) is 32.4 Å². The van der Waals surface area contributed by atoms with Crippen molar-refractivity contribution in [3.05, 3.63) is 24.3 Å². The van der Waals surface area contributed by atoms with E-state index >= 15 is 0 Å². The summed E-state index contributed by atoms with van der Waals surface area (Å²) < 4.78 is 5.14. The lowest BCUT2D eigenvalue weighted by Crippen LogP contribution is -2.31. The maximum absolute atomic E-state index is 8.92. The highest BCUT2D eigenvalue weighted by Gasteiger charge is 2.16. The lowest BCUT2D eigenvalue weighted by atomic mass is 10.0. The largest absolute Gasteiger partial charge is 0.497 e. The molecule has 84 valence electrons. The van der Waals surface area contributed by atoms with E-state index in [2.05, 4.69) is 19.2 Å². The minimum absolute atomic E-state index is 0.110. The van der Waals surface area contributed by atoms with Gasteiger partial charge in [0.1, 0.15) is 5.75 Å². The van der Waals surface area contributed by atoms with Gasteiger partial charge in [-0.3, -0.25) is 0 Å². The molecule has 0 unspecified atom stereocenters. The summed E-state index contributed by atoms with van der Waals surface area (Å²) in [6.07, 6.45) is 0.713. The molecule has 3 heteroatoms. The van der Waals surface area contributed by atoms with Gasteiger partial charge in [-0.25, -0.2) is 0 Å². The molecule has 0 aromatic heterocycles. The second-order valence-corrected chi connectivity index (χ2v) is 4.21. The van der Waals surface area contributed by atoms with Gasteiger partial charge in [0.25, 0.3) is 0 Å². The molecule has 15 heavy (non-hydrogen) atoms. The topological polar surface area (TPSA) is 41.5 Å². The molecule has 1 aromatic rings. The fourth-order valence-corrected chi connectivity index (χ4v) is 1.43. The van der Waals surface area contributed by atoms with Crippen LogP contribution in [0.2, 0.25) is 0 Å². The highest BCUT2D eigenvalue weighted by Crippen LogP contribution is 2.21. The monoisotopic (exact) mass is 209 g/mol. The number of nitrogens with one attached hydrogen (secondary N) is 1. The third-order valence-corrected chi connectivity index (χ3v) is 2.29. The van der Waals surface area contributed by atoms with Crippen molar-refractivity contribution in [1.29, 1.82) is 0 Å². The zero-order valence-corrected chi connectivity index (χ0v) is 9.58. The summed E-state index contributed by atoms with van der Waals surface area (Å²) in [6, 6.07) is 7.78. The second-order valence-electron chi connectivity index (χ2n) is 4.21. The molecule has 2 N–H and O–H groups in total. The first-order valence-electron chi connectivity index (χ1n) is 5.10. The molecule has 3 nitrogen and oxygen atoms in total. The van der Waals surface area contributed by atoms with Crippen LogP contribution in [0.5, 0.6) is 5.75 Å². The Kier molecular flexibility index (Phi) is 3.97. The van der Waals surface area contributed by atoms with Crippen LogP contribution in [-0.4, -0.2) is 24.4 Å². The average Bonchev–Trinajstić information content (AvgIpc) is 2.17. The van der Waals surface area contributed by atoms with E-state index in [9.17, 15) is 0 Å².